The fourth-order valence-electron chi connectivity index (χ4n) is 2.53. The number of carbonyl (C=O) groups is 1. The van der Waals surface area contributed by atoms with E-state index >= 15 is 0 Å². The standard InChI is InChI=1S/C15H15ClN2OS/c1-2-7-18-14(12(16)8-17-18)15(19)11-9-20-13-6-4-3-5-10(11)13/h3-6,8,11H,2,7,9H2,1H3. The molecule has 0 aliphatic carbocycles. The summed E-state index contributed by atoms with van der Waals surface area (Å²) in [7, 11) is 0. The number of hydrogen-bond acceptors (Lipinski definition) is 3. The lowest BCUT2D eigenvalue weighted by atomic mass is 9.95. The number of carbonyl (C=O) groups excluding carboxylic acids is 1. The van der Waals surface area contributed by atoms with Crippen molar-refractivity contribution < 1.29 is 4.79 Å². The molecule has 0 bridgehead atoms. The van der Waals surface area contributed by atoms with Gasteiger partial charge in [-0.1, -0.05) is 36.7 Å². The van der Waals surface area contributed by atoms with E-state index in [9.17, 15) is 4.79 Å². The number of aryl methyl sites for hydroxylation is 1. The number of aromatic nitrogens is 2. The van der Waals surface area contributed by atoms with E-state index in [0.717, 1.165) is 24.3 Å². The minimum atomic E-state index is -0.110. The Morgan fingerprint density at radius 3 is 3.10 bits per heavy atom. The van der Waals surface area contributed by atoms with E-state index in [2.05, 4.69) is 18.1 Å². The highest BCUT2D eigenvalue weighted by Gasteiger charge is 2.32. The molecular weight excluding hydrogens is 292 g/mol. The Kier molecular flexibility index (Phi) is 3.85. The molecule has 1 aliphatic heterocycles. The van der Waals surface area contributed by atoms with Crippen LogP contribution >= 0.6 is 23.4 Å². The van der Waals surface area contributed by atoms with Crippen LogP contribution in [0, 0.1) is 0 Å². The predicted octanol–water partition coefficient (Wildman–Crippen LogP) is 4.02. The molecule has 0 N–H and O–H groups in total. The highest BCUT2D eigenvalue weighted by atomic mass is 35.5. The Labute approximate surface area is 127 Å². The molecule has 3 nitrogen and oxygen atoms in total. The number of Topliss-reactive ketones (excluding diaryl/α,β-unsaturated/α-hetero) is 1. The number of ketones is 1. The Morgan fingerprint density at radius 1 is 1.50 bits per heavy atom. The van der Waals surface area contributed by atoms with Gasteiger partial charge >= 0.3 is 0 Å². The number of hydrogen-bond donors (Lipinski definition) is 0. The molecule has 104 valence electrons. The van der Waals surface area contributed by atoms with E-state index in [1.165, 1.54) is 4.90 Å². The van der Waals surface area contributed by atoms with Crippen molar-refractivity contribution in [1.82, 2.24) is 9.78 Å². The van der Waals surface area contributed by atoms with Crippen LogP contribution in [0.15, 0.2) is 35.4 Å². The number of nitrogens with zero attached hydrogens (tertiary/aromatic N) is 2. The molecule has 0 saturated carbocycles. The van der Waals surface area contributed by atoms with Crippen LogP contribution in [0.2, 0.25) is 5.02 Å². The third-order valence-electron chi connectivity index (χ3n) is 3.48. The maximum atomic E-state index is 12.8. The molecule has 0 amide bonds. The van der Waals surface area contributed by atoms with Gasteiger partial charge in [-0.15, -0.1) is 11.8 Å². The normalized spacial score (nSPS) is 17.2. The molecule has 5 heteroatoms. The molecule has 2 heterocycles. The molecular formula is C15H15ClN2OS. The van der Waals surface area contributed by atoms with Gasteiger partial charge in [0.2, 0.25) is 0 Å². The van der Waals surface area contributed by atoms with Crippen LogP contribution in [-0.4, -0.2) is 21.3 Å². The van der Waals surface area contributed by atoms with Crippen LogP contribution in [0.4, 0.5) is 0 Å². The van der Waals surface area contributed by atoms with Crippen molar-refractivity contribution in [2.75, 3.05) is 5.75 Å². The molecule has 0 spiro atoms. The second kappa shape index (κ2) is 5.62. The van der Waals surface area contributed by atoms with Gasteiger partial charge < -0.3 is 0 Å². The summed E-state index contributed by atoms with van der Waals surface area (Å²) in [5.74, 6) is 0.755. The molecule has 1 aliphatic rings. The number of halogens is 1. The SMILES string of the molecule is CCCn1ncc(Cl)c1C(=O)C1CSc2ccccc21. The molecule has 2 aromatic rings. The fraction of sp³-hybridized carbons (Fsp3) is 0.333. The van der Waals surface area contributed by atoms with E-state index in [0.29, 0.717) is 10.7 Å². The summed E-state index contributed by atoms with van der Waals surface area (Å²) in [5, 5.41) is 4.67. The highest BCUT2D eigenvalue weighted by molar-refractivity contribution is 7.99. The van der Waals surface area contributed by atoms with Crippen LogP contribution in [0.1, 0.15) is 35.3 Å². The molecule has 20 heavy (non-hydrogen) atoms. The third kappa shape index (κ3) is 2.27. The zero-order valence-electron chi connectivity index (χ0n) is 11.2. The summed E-state index contributed by atoms with van der Waals surface area (Å²) in [4.78, 5) is 14.0. The first-order chi connectivity index (χ1) is 9.72. The van der Waals surface area contributed by atoms with Crippen molar-refractivity contribution in [2.45, 2.75) is 30.7 Å². The largest absolute Gasteiger partial charge is 0.292 e. The van der Waals surface area contributed by atoms with Crippen molar-refractivity contribution in [3.63, 3.8) is 0 Å². The van der Waals surface area contributed by atoms with E-state index in [1.807, 2.05) is 18.2 Å². The number of fused-ring (bicyclic) bond motifs is 1. The van der Waals surface area contributed by atoms with Crippen LogP contribution in [-0.2, 0) is 6.54 Å². The monoisotopic (exact) mass is 306 g/mol. The van der Waals surface area contributed by atoms with Crippen molar-refractivity contribution in [3.05, 3.63) is 46.7 Å². The van der Waals surface area contributed by atoms with Crippen molar-refractivity contribution >= 4 is 29.1 Å². The van der Waals surface area contributed by atoms with Crippen LogP contribution in [0.5, 0.6) is 0 Å². The zero-order valence-corrected chi connectivity index (χ0v) is 12.7. The Morgan fingerprint density at radius 2 is 2.30 bits per heavy atom. The quantitative estimate of drug-likeness (QED) is 0.800. The summed E-state index contributed by atoms with van der Waals surface area (Å²) in [6, 6.07) is 8.09. The van der Waals surface area contributed by atoms with Crippen LogP contribution in [0.3, 0.4) is 0 Å². The molecule has 0 fully saturated rings. The predicted molar refractivity (Wildman–Crippen MR) is 81.8 cm³/mol. The number of rotatable bonds is 4. The molecule has 1 aromatic carbocycles. The minimum Gasteiger partial charge on any atom is -0.292 e. The molecule has 0 saturated heterocycles. The lowest BCUT2D eigenvalue weighted by Crippen LogP contribution is -2.18. The summed E-state index contributed by atoms with van der Waals surface area (Å²) in [5.41, 5.74) is 1.67. The van der Waals surface area contributed by atoms with Crippen molar-refractivity contribution in [3.8, 4) is 0 Å². The van der Waals surface area contributed by atoms with Crippen LogP contribution in [0.25, 0.3) is 0 Å². The van der Waals surface area contributed by atoms with Gasteiger partial charge in [0, 0.05) is 17.2 Å². The Balaban J connectivity index is 1.97. The van der Waals surface area contributed by atoms with Gasteiger partial charge in [-0.25, -0.2) is 0 Å². The summed E-state index contributed by atoms with van der Waals surface area (Å²) >= 11 is 7.90. The maximum absolute atomic E-state index is 12.8. The van der Waals surface area contributed by atoms with Gasteiger partial charge in [-0.2, -0.15) is 5.10 Å². The Bertz CT molecular complexity index is 653. The third-order valence-corrected chi connectivity index (χ3v) is 4.94. The smallest absolute Gasteiger partial charge is 0.190 e. The average molecular weight is 307 g/mol. The molecule has 3 rings (SSSR count). The van der Waals surface area contributed by atoms with E-state index < -0.39 is 0 Å². The van der Waals surface area contributed by atoms with Gasteiger partial charge in [0.25, 0.3) is 0 Å². The van der Waals surface area contributed by atoms with Gasteiger partial charge in [-0.05, 0) is 18.1 Å². The topological polar surface area (TPSA) is 34.9 Å². The Hall–Kier alpha value is -1.26. The van der Waals surface area contributed by atoms with Crippen molar-refractivity contribution in [1.29, 1.82) is 0 Å². The summed E-state index contributed by atoms with van der Waals surface area (Å²) in [6.45, 7) is 2.78. The van der Waals surface area contributed by atoms with Gasteiger partial charge in [0.1, 0.15) is 5.69 Å². The summed E-state index contributed by atoms with van der Waals surface area (Å²) in [6.07, 6.45) is 2.49. The number of benzene rings is 1. The molecule has 0 radical (unpaired) electrons. The molecule has 1 atom stereocenters. The van der Waals surface area contributed by atoms with Gasteiger partial charge in [-0.3, -0.25) is 9.48 Å². The highest BCUT2D eigenvalue weighted by Crippen LogP contribution is 2.41. The van der Waals surface area contributed by atoms with E-state index in [-0.39, 0.29) is 11.7 Å². The average Bonchev–Trinajstić information content (AvgIpc) is 3.03. The van der Waals surface area contributed by atoms with Crippen LogP contribution < -0.4 is 0 Å². The minimum absolute atomic E-state index is 0.0819. The molecule has 1 aromatic heterocycles. The van der Waals surface area contributed by atoms with Gasteiger partial charge in [0.05, 0.1) is 17.1 Å². The second-order valence-corrected chi connectivity index (χ2v) is 6.30. The maximum Gasteiger partial charge on any atom is 0.190 e. The van der Waals surface area contributed by atoms with Gasteiger partial charge in [0.15, 0.2) is 5.78 Å². The summed E-state index contributed by atoms with van der Waals surface area (Å²) < 4.78 is 1.73. The fourth-order valence-corrected chi connectivity index (χ4v) is 4.00. The second-order valence-electron chi connectivity index (χ2n) is 4.83. The first-order valence-corrected chi connectivity index (χ1v) is 8.06. The lowest BCUT2D eigenvalue weighted by Gasteiger charge is -2.11. The zero-order chi connectivity index (χ0) is 14.1. The van der Waals surface area contributed by atoms with E-state index in [1.54, 1.807) is 22.6 Å². The first-order valence-electron chi connectivity index (χ1n) is 6.69. The lowest BCUT2D eigenvalue weighted by molar-refractivity contribution is 0.0957. The van der Waals surface area contributed by atoms with E-state index in [4.69, 9.17) is 11.6 Å². The first kappa shape index (κ1) is 13.7. The molecule has 1 unspecified atom stereocenters. The number of thioether (sulfide) groups is 1. The van der Waals surface area contributed by atoms with Crippen molar-refractivity contribution in [2.24, 2.45) is 0 Å².